The fourth-order valence-electron chi connectivity index (χ4n) is 1.59. The van der Waals surface area contributed by atoms with Gasteiger partial charge in [-0.05, 0) is 37.3 Å². The Morgan fingerprint density at radius 2 is 2.20 bits per heavy atom. The molecule has 2 rings (SSSR count). The highest BCUT2D eigenvalue weighted by molar-refractivity contribution is 6.31. The van der Waals surface area contributed by atoms with Crippen molar-refractivity contribution in [1.82, 2.24) is 4.98 Å². The number of rotatable bonds is 4. The Morgan fingerprint density at radius 1 is 1.40 bits per heavy atom. The van der Waals surface area contributed by atoms with Gasteiger partial charge in [-0.2, -0.15) is 4.39 Å². The number of pyridine rings is 1. The van der Waals surface area contributed by atoms with Crippen molar-refractivity contribution in [3.05, 3.63) is 53.1 Å². The van der Waals surface area contributed by atoms with Crippen molar-refractivity contribution >= 4 is 23.2 Å². The summed E-state index contributed by atoms with van der Waals surface area (Å²) in [5, 5.41) is 3.13. The van der Waals surface area contributed by atoms with Gasteiger partial charge in [0.15, 0.2) is 0 Å². The first-order valence-electron chi connectivity index (χ1n) is 5.95. The lowest BCUT2D eigenvalue weighted by Gasteiger charge is -2.11. The van der Waals surface area contributed by atoms with E-state index in [2.05, 4.69) is 10.3 Å². The van der Waals surface area contributed by atoms with E-state index < -0.39 is 11.9 Å². The van der Waals surface area contributed by atoms with Gasteiger partial charge in [0.2, 0.25) is 5.95 Å². The minimum absolute atomic E-state index is 0.244. The fraction of sp³-hybridized carbons (Fsp3) is 0.143. The lowest BCUT2D eigenvalue weighted by molar-refractivity contribution is 0.102. The van der Waals surface area contributed by atoms with Crippen LogP contribution in [0.5, 0.6) is 5.75 Å². The van der Waals surface area contributed by atoms with Gasteiger partial charge in [0.05, 0.1) is 17.9 Å². The molecule has 1 amide bonds. The first-order chi connectivity index (χ1) is 9.60. The van der Waals surface area contributed by atoms with E-state index in [1.807, 2.05) is 6.92 Å². The van der Waals surface area contributed by atoms with Crippen LogP contribution in [0.3, 0.4) is 0 Å². The normalized spacial score (nSPS) is 10.2. The molecule has 6 heteroatoms. The molecule has 0 aliphatic carbocycles. The van der Waals surface area contributed by atoms with Crippen LogP contribution < -0.4 is 10.1 Å². The zero-order valence-corrected chi connectivity index (χ0v) is 11.4. The molecule has 0 fully saturated rings. The highest BCUT2D eigenvalue weighted by Gasteiger charge is 2.11. The third kappa shape index (κ3) is 3.45. The number of nitrogens with one attached hydrogen (secondary N) is 1. The van der Waals surface area contributed by atoms with Gasteiger partial charge in [0.25, 0.3) is 5.91 Å². The molecule has 0 saturated heterocycles. The van der Waals surface area contributed by atoms with E-state index in [1.54, 1.807) is 18.2 Å². The molecule has 1 aromatic heterocycles. The number of anilines is 1. The molecule has 2 aromatic rings. The van der Waals surface area contributed by atoms with Crippen molar-refractivity contribution in [2.24, 2.45) is 0 Å². The van der Waals surface area contributed by atoms with Gasteiger partial charge < -0.3 is 10.1 Å². The summed E-state index contributed by atoms with van der Waals surface area (Å²) in [6.07, 6.45) is 1.16. The topological polar surface area (TPSA) is 51.2 Å². The van der Waals surface area contributed by atoms with Crippen molar-refractivity contribution in [3.8, 4) is 5.75 Å². The summed E-state index contributed by atoms with van der Waals surface area (Å²) in [7, 11) is 0. The van der Waals surface area contributed by atoms with Gasteiger partial charge in [-0.25, -0.2) is 4.98 Å². The van der Waals surface area contributed by atoms with E-state index in [0.29, 0.717) is 23.1 Å². The molecule has 4 nitrogen and oxygen atoms in total. The first kappa shape index (κ1) is 14.3. The molecule has 1 N–H and O–H groups in total. The minimum atomic E-state index is -0.640. The van der Waals surface area contributed by atoms with Crippen molar-refractivity contribution < 1.29 is 13.9 Å². The van der Waals surface area contributed by atoms with Crippen LogP contribution in [-0.2, 0) is 0 Å². The molecule has 0 spiro atoms. The summed E-state index contributed by atoms with van der Waals surface area (Å²) < 4.78 is 18.1. The maximum absolute atomic E-state index is 12.7. The van der Waals surface area contributed by atoms with E-state index in [0.717, 1.165) is 12.3 Å². The van der Waals surface area contributed by atoms with Crippen LogP contribution in [0.25, 0.3) is 0 Å². The summed E-state index contributed by atoms with van der Waals surface area (Å²) in [4.78, 5) is 15.5. The number of benzene rings is 1. The summed E-state index contributed by atoms with van der Waals surface area (Å²) in [5.41, 5.74) is 0.697. The Labute approximate surface area is 120 Å². The molecule has 0 aliphatic heterocycles. The molecule has 104 valence electrons. The molecule has 0 saturated carbocycles. The molecule has 1 heterocycles. The van der Waals surface area contributed by atoms with Gasteiger partial charge in [0.1, 0.15) is 5.75 Å². The molecule has 0 aliphatic rings. The Kier molecular flexibility index (Phi) is 4.53. The zero-order chi connectivity index (χ0) is 14.5. The molecule has 0 unspecified atom stereocenters. The Bertz CT molecular complexity index is 617. The number of carbonyl (C=O) groups is 1. The Morgan fingerprint density at radius 3 is 2.85 bits per heavy atom. The highest BCUT2D eigenvalue weighted by Crippen LogP contribution is 2.28. The number of hydrogen-bond donors (Lipinski definition) is 1. The van der Waals surface area contributed by atoms with Crippen LogP contribution in [0.15, 0.2) is 36.5 Å². The molecule has 20 heavy (non-hydrogen) atoms. The standard InChI is InChI=1S/C14H12ClFN2O2/c1-2-20-12-5-4-10(15)7-11(12)18-14(19)9-3-6-13(16)17-8-9/h3-8H,2H2,1H3,(H,18,19). The maximum atomic E-state index is 12.7. The average molecular weight is 295 g/mol. The van der Waals surface area contributed by atoms with Crippen molar-refractivity contribution in [3.63, 3.8) is 0 Å². The second-order valence-electron chi connectivity index (χ2n) is 3.90. The second kappa shape index (κ2) is 6.34. The molecule has 0 bridgehead atoms. The van der Waals surface area contributed by atoms with Crippen LogP contribution >= 0.6 is 11.6 Å². The Balaban J connectivity index is 2.22. The van der Waals surface area contributed by atoms with E-state index >= 15 is 0 Å². The molecule has 0 radical (unpaired) electrons. The van der Waals surface area contributed by atoms with Gasteiger partial charge in [-0.15, -0.1) is 0 Å². The maximum Gasteiger partial charge on any atom is 0.257 e. The average Bonchev–Trinajstić information content (AvgIpc) is 2.42. The highest BCUT2D eigenvalue weighted by atomic mass is 35.5. The summed E-state index contributed by atoms with van der Waals surface area (Å²) >= 11 is 5.90. The minimum Gasteiger partial charge on any atom is -0.492 e. The fourth-order valence-corrected chi connectivity index (χ4v) is 1.76. The number of ether oxygens (including phenoxy) is 1. The number of aromatic nitrogens is 1. The van der Waals surface area contributed by atoms with Crippen LogP contribution in [0.1, 0.15) is 17.3 Å². The summed E-state index contributed by atoms with van der Waals surface area (Å²) in [6, 6.07) is 7.40. The van der Waals surface area contributed by atoms with E-state index in [9.17, 15) is 9.18 Å². The number of nitrogens with zero attached hydrogens (tertiary/aromatic N) is 1. The SMILES string of the molecule is CCOc1ccc(Cl)cc1NC(=O)c1ccc(F)nc1. The predicted octanol–water partition coefficient (Wildman–Crippen LogP) is 3.53. The third-order valence-corrected chi connectivity index (χ3v) is 2.71. The lowest BCUT2D eigenvalue weighted by atomic mass is 10.2. The van der Waals surface area contributed by atoms with Crippen molar-refractivity contribution in [1.29, 1.82) is 0 Å². The quantitative estimate of drug-likeness (QED) is 0.878. The molecular formula is C14H12ClFN2O2. The smallest absolute Gasteiger partial charge is 0.257 e. The van der Waals surface area contributed by atoms with Gasteiger partial charge in [0, 0.05) is 11.2 Å². The van der Waals surface area contributed by atoms with Crippen LogP contribution in [0.2, 0.25) is 5.02 Å². The third-order valence-electron chi connectivity index (χ3n) is 2.48. The number of halogens is 2. The van der Waals surface area contributed by atoms with Crippen LogP contribution in [0, 0.1) is 5.95 Å². The van der Waals surface area contributed by atoms with E-state index in [1.165, 1.54) is 6.07 Å². The Hall–Kier alpha value is -2.14. The molecule has 1 aromatic carbocycles. The largest absolute Gasteiger partial charge is 0.492 e. The number of carbonyl (C=O) groups excluding carboxylic acids is 1. The monoisotopic (exact) mass is 294 g/mol. The number of amides is 1. The predicted molar refractivity (Wildman–Crippen MR) is 74.8 cm³/mol. The van der Waals surface area contributed by atoms with Gasteiger partial charge in [-0.1, -0.05) is 11.6 Å². The molecule has 0 atom stereocenters. The zero-order valence-electron chi connectivity index (χ0n) is 10.7. The van der Waals surface area contributed by atoms with E-state index in [-0.39, 0.29) is 5.56 Å². The summed E-state index contributed by atoms with van der Waals surface area (Å²) in [5.74, 6) is -0.541. The second-order valence-corrected chi connectivity index (χ2v) is 4.33. The van der Waals surface area contributed by atoms with Crippen molar-refractivity contribution in [2.75, 3.05) is 11.9 Å². The van der Waals surface area contributed by atoms with Crippen LogP contribution in [-0.4, -0.2) is 17.5 Å². The molecular weight excluding hydrogens is 283 g/mol. The van der Waals surface area contributed by atoms with Crippen LogP contribution in [0.4, 0.5) is 10.1 Å². The first-order valence-corrected chi connectivity index (χ1v) is 6.33. The lowest BCUT2D eigenvalue weighted by Crippen LogP contribution is -2.13. The number of hydrogen-bond acceptors (Lipinski definition) is 3. The van der Waals surface area contributed by atoms with E-state index in [4.69, 9.17) is 16.3 Å². The van der Waals surface area contributed by atoms with Gasteiger partial charge in [-0.3, -0.25) is 4.79 Å². The van der Waals surface area contributed by atoms with Gasteiger partial charge >= 0.3 is 0 Å². The van der Waals surface area contributed by atoms with Crippen molar-refractivity contribution in [2.45, 2.75) is 6.92 Å². The summed E-state index contributed by atoms with van der Waals surface area (Å²) in [6.45, 7) is 2.30.